The molecule has 1 fully saturated rings. The number of hydrogen-bond acceptors (Lipinski definition) is 3. The number of carboxylic acid groups (broad SMARTS) is 1. The molecule has 0 aromatic heterocycles. The van der Waals surface area contributed by atoms with Crippen molar-refractivity contribution in [3.05, 3.63) is 94.0 Å². The number of aryl methyl sites for hydroxylation is 1. The molecule has 1 N–H and O–H groups in total. The Balaban J connectivity index is 1.66. The highest BCUT2D eigenvalue weighted by Crippen LogP contribution is 2.30. The van der Waals surface area contributed by atoms with Gasteiger partial charge < -0.3 is 5.11 Å². The number of hydrogen-bond donors (Lipinski definition) is 1. The van der Waals surface area contributed by atoms with Crippen molar-refractivity contribution >= 4 is 18.1 Å². The van der Waals surface area contributed by atoms with Gasteiger partial charge in [0.05, 0.1) is 5.56 Å². The Hall–Kier alpha value is -3.68. The minimum absolute atomic E-state index is 0.317. The van der Waals surface area contributed by atoms with Crippen molar-refractivity contribution in [2.24, 2.45) is 0 Å². The molecule has 4 nitrogen and oxygen atoms in total. The van der Waals surface area contributed by atoms with Gasteiger partial charge in [0.15, 0.2) is 0 Å². The summed E-state index contributed by atoms with van der Waals surface area (Å²) in [5.74, 6) is -0.403. The van der Waals surface area contributed by atoms with Gasteiger partial charge >= 0.3 is 5.97 Å². The second-order valence-corrected chi connectivity index (χ2v) is 9.96. The predicted molar refractivity (Wildman–Crippen MR) is 146 cm³/mol. The molecule has 4 rings (SSSR count). The van der Waals surface area contributed by atoms with E-state index in [0.29, 0.717) is 18.0 Å². The number of piperidine rings is 1. The summed E-state index contributed by atoms with van der Waals surface area (Å²) in [6, 6.07) is 22.4. The Morgan fingerprint density at radius 1 is 1.08 bits per heavy atom. The van der Waals surface area contributed by atoms with Crippen LogP contribution >= 0.6 is 0 Å². The molecule has 3 aromatic rings. The van der Waals surface area contributed by atoms with Gasteiger partial charge in [-0.3, -0.25) is 9.69 Å². The quantitative estimate of drug-likeness (QED) is 0.363. The van der Waals surface area contributed by atoms with Gasteiger partial charge in [0.2, 0.25) is 0 Å². The van der Waals surface area contributed by atoms with Crippen LogP contribution in [0.3, 0.4) is 0 Å². The van der Waals surface area contributed by atoms with E-state index in [1.54, 1.807) is 0 Å². The summed E-state index contributed by atoms with van der Waals surface area (Å²) >= 11 is 0. The fourth-order valence-corrected chi connectivity index (χ4v) is 5.21. The van der Waals surface area contributed by atoms with Gasteiger partial charge in [-0.25, -0.2) is 0 Å². The number of likely N-dealkylation sites (tertiary alicyclic amines) is 1. The van der Waals surface area contributed by atoms with E-state index in [1.165, 1.54) is 11.1 Å². The summed E-state index contributed by atoms with van der Waals surface area (Å²) < 4.78 is 0. The van der Waals surface area contributed by atoms with Crippen molar-refractivity contribution in [2.45, 2.75) is 58.5 Å². The number of carbonyl (C=O) groups is 1. The van der Waals surface area contributed by atoms with Crippen molar-refractivity contribution in [1.82, 2.24) is 4.90 Å². The van der Waals surface area contributed by atoms with Gasteiger partial charge in [-0.15, -0.1) is 0 Å². The molecule has 3 aromatic carbocycles. The minimum Gasteiger partial charge on any atom is -0.480 e. The van der Waals surface area contributed by atoms with Crippen LogP contribution in [-0.4, -0.2) is 28.6 Å². The minimum atomic E-state index is -0.719. The molecule has 36 heavy (non-hydrogen) atoms. The summed E-state index contributed by atoms with van der Waals surface area (Å²) in [5.41, 5.74) is 8.24. The molecular formula is C32H34N2O2. The van der Waals surface area contributed by atoms with Crippen LogP contribution in [0.15, 0.2) is 60.7 Å². The van der Waals surface area contributed by atoms with Crippen molar-refractivity contribution in [3.8, 4) is 17.2 Å². The van der Waals surface area contributed by atoms with Crippen LogP contribution in [0.2, 0.25) is 0 Å². The van der Waals surface area contributed by atoms with Gasteiger partial charge in [-0.1, -0.05) is 93.1 Å². The zero-order chi connectivity index (χ0) is 25.7. The van der Waals surface area contributed by atoms with Crippen LogP contribution in [0.25, 0.3) is 23.3 Å². The third kappa shape index (κ3) is 5.58. The van der Waals surface area contributed by atoms with Gasteiger partial charge in [0.25, 0.3) is 0 Å². The fraction of sp³-hybridized carbons (Fsp3) is 0.312. The molecule has 0 aliphatic carbocycles. The Kier molecular flexibility index (Phi) is 8.03. The molecule has 1 saturated heterocycles. The molecule has 184 valence electrons. The normalized spacial score (nSPS) is 16.4. The molecule has 0 spiro atoms. The molecular weight excluding hydrogens is 444 g/mol. The van der Waals surface area contributed by atoms with Gasteiger partial charge in [-0.2, -0.15) is 5.26 Å². The number of nitrogens with zero attached hydrogens (tertiary/aromatic N) is 2. The Bertz CT molecular complexity index is 1300. The molecule has 0 saturated carbocycles. The maximum atomic E-state index is 11.8. The topological polar surface area (TPSA) is 64.3 Å². The second kappa shape index (κ2) is 11.4. The highest BCUT2D eigenvalue weighted by molar-refractivity contribution is 5.81. The molecule has 1 heterocycles. The van der Waals surface area contributed by atoms with Crippen molar-refractivity contribution in [1.29, 1.82) is 5.26 Å². The van der Waals surface area contributed by atoms with Crippen LogP contribution in [0.1, 0.15) is 72.4 Å². The molecule has 1 atom stereocenters. The fourth-order valence-electron chi connectivity index (χ4n) is 5.21. The molecule has 4 heteroatoms. The van der Waals surface area contributed by atoms with Crippen LogP contribution in [-0.2, 0) is 11.3 Å². The first-order valence-corrected chi connectivity index (χ1v) is 12.8. The summed E-state index contributed by atoms with van der Waals surface area (Å²) in [5, 5.41) is 19.7. The van der Waals surface area contributed by atoms with Crippen LogP contribution in [0, 0.1) is 18.3 Å². The first-order valence-electron chi connectivity index (χ1n) is 12.8. The summed E-state index contributed by atoms with van der Waals surface area (Å²) in [7, 11) is 0. The third-order valence-corrected chi connectivity index (χ3v) is 7.16. The number of rotatable bonds is 7. The highest BCUT2D eigenvalue weighted by Gasteiger charge is 2.29. The summed E-state index contributed by atoms with van der Waals surface area (Å²) in [6.07, 6.45) is 6.86. The molecule has 1 aliphatic heterocycles. The van der Waals surface area contributed by atoms with Crippen molar-refractivity contribution in [2.75, 3.05) is 6.54 Å². The second-order valence-electron chi connectivity index (χ2n) is 9.96. The molecule has 0 amide bonds. The first kappa shape index (κ1) is 25.4. The van der Waals surface area contributed by atoms with Crippen molar-refractivity contribution < 1.29 is 9.90 Å². The van der Waals surface area contributed by atoms with E-state index in [1.807, 2.05) is 54.6 Å². The Labute approximate surface area is 214 Å². The van der Waals surface area contributed by atoms with E-state index < -0.39 is 12.0 Å². The first-order chi connectivity index (χ1) is 17.4. The van der Waals surface area contributed by atoms with Crippen LogP contribution in [0.4, 0.5) is 0 Å². The number of nitriles is 1. The molecule has 0 bridgehead atoms. The average molecular weight is 479 g/mol. The standard InChI is InChI=1S/C32H34N2O2/c1-22(2)29-19-26(23(3)18-27(29)21-34-17-8-7-14-31(34)32(35)36)16-15-25-12-9-13-28(30(25)20-33)24-10-5-4-6-11-24/h4-6,9-13,15-16,18-19,22,31H,7-8,14,17,21H2,1-3H3,(H,35,36)/b16-15+/t31-/m0/s1. The van der Waals surface area contributed by atoms with Crippen molar-refractivity contribution in [3.63, 3.8) is 0 Å². The maximum Gasteiger partial charge on any atom is 0.320 e. The summed E-state index contributed by atoms with van der Waals surface area (Å²) in [4.78, 5) is 13.9. The molecule has 0 unspecified atom stereocenters. The lowest BCUT2D eigenvalue weighted by atomic mass is 9.90. The average Bonchev–Trinajstić information content (AvgIpc) is 2.88. The smallest absolute Gasteiger partial charge is 0.320 e. The van der Waals surface area contributed by atoms with E-state index in [4.69, 9.17) is 0 Å². The monoisotopic (exact) mass is 478 g/mol. The lowest BCUT2D eigenvalue weighted by Gasteiger charge is -2.33. The van der Waals surface area contributed by atoms with E-state index >= 15 is 0 Å². The van der Waals surface area contributed by atoms with Crippen LogP contribution < -0.4 is 0 Å². The number of aliphatic carboxylic acids is 1. The number of carboxylic acids is 1. The lowest BCUT2D eigenvalue weighted by molar-refractivity contribution is -0.144. The SMILES string of the molecule is Cc1cc(CN2CCCC[C@H]2C(=O)O)c(C(C)C)cc1/C=C/c1cccc(-c2ccccc2)c1C#N. The molecule has 1 aliphatic rings. The zero-order valence-corrected chi connectivity index (χ0v) is 21.4. The predicted octanol–water partition coefficient (Wildman–Crippen LogP) is 7.27. The zero-order valence-electron chi connectivity index (χ0n) is 21.4. The number of benzene rings is 3. The van der Waals surface area contributed by atoms with E-state index in [2.05, 4.69) is 49.9 Å². The van der Waals surface area contributed by atoms with E-state index in [9.17, 15) is 15.2 Å². The Morgan fingerprint density at radius 2 is 1.83 bits per heavy atom. The van der Waals surface area contributed by atoms with Crippen LogP contribution in [0.5, 0.6) is 0 Å². The van der Waals surface area contributed by atoms with Gasteiger partial charge in [0, 0.05) is 12.1 Å². The highest BCUT2D eigenvalue weighted by atomic mass is 16.4. The largest absolute Gasteiger partial charge is 0.480 e. The molecule has 0 radical (unpaired) electrons. The summed E-state index contributed by atoms with van der Waals surface area (Å²) in [6.45, 7) is 7.95. The van der Waals surface area contributed by atoms with E-state index in [0.717, 1.165) is 53.6 Å². The van der Waals surface area contributed by atoms with E-state index in [-0.39, 0.29) is 0 Å². The van der Waals surface area contributed by atoms with Gasteiger partial charge in [0.1, 0.15) is 12.1 Å². The maximum absolute atomic E-state index is 11.8. The third-order valence-electron chi connectivity index (χ3n) is 7.16. The lowest BCUT2D eigenvalue weighted by Crippen LogP contribution is -2.44. The van der Waals surface area contributed by atoms with Gasteiger partial charge in [-0.05, 0) is 65.6 Å². The Morgan fingerprint density at radius 3 is 2.53 bits per heavy atom.